The van der Waals surface area contributed by atoms with Gasteiger partial charge in [-0.1, -0.05) is 67.2 Å². The minimum atomic E-state index is -0.233. The fourth-order valence-electron chi connectivity index (χ4n) is 3.93. The van der Waals surface area contributed by atoms with Gasteiger partial charge in [0.1, 0.15) is 6.61 Å². The number of thioether (sulfide) groups is 1. The molecule has 0 aromatic heterocycles. The molecule has 36 heavy (non-hydrogen) atoms. The highest BCUT2D eigenvalue weighted by Crippen LogP contribution is 2.37. The predicted octanol–water partition coefficient (Wildman–Crippen LogP) is 6.55. The number of aryl methyl sites for hydroxylation is 1. The maximum Gasteiger partial charge on any atom is 0.260 e. The van der Waals surface area contributed by atoms with Crippen molar-refractivity contribution in [3.8, 4) is 11.5 Å². The highest BCUT2D eigenvalue weighted by atomic mass is 32.2. The third kappa shape index (κ3) is 6.52. The summed E-state index contributed by atoms with van der Waals surface area (Å²) in [4.78, 5) is 13.4. The van der Waals surface area contributed by atoms with Gasteiger partial charge in [-0.2, -0.15) is 0 Å². The van der Waals surface area contributed by atoms with Crippen LogP contribution in [0.4, 0.5) is 5.69 Å². The lowest BCUT2D eigenvalue weighted by Crippen LogP contribution is -2.30. The number of anilines is 1. The fraction of sp³-hybridized carbons (Fsp3) is 0.233. The molecule has 1 fully saturated rings. The zero-order valence-corrected chi connectivity index (χ0v) is 21.6. The highest BCUT2D eigenvalue weighted by molar-refractivity contribution is 8.05. The van der Waals surface area contributed by atoms with E-state index in [4.69, 9.17) is 9.47 Å². The molecule has 0 spiro atoms. The summed E-state index contributed by atoms with van der Waals surface area (Å²) in [6, 6.07) is 22.3. The predicted molar refractivity (Wildman–Crippen MR) is 149 cm³/mol. The Hall–Kier alpha value is -3.64. The Labute approximate surface area is 217 Å². The van der Waals surface area contributed by atoms with E-state index >= 15 is 0 Å². The van der Waals surface area contributed by atoms with Gasteiger partial charge in [0.05, 0.1) is 11.5 Å². The SMILES string of the molecule is C=CCc1cc(/C=C2\S[C@H](Nc3ccc(CC)cc3)NC2=O)cc(OCC)c1OCc1ccccc1. The molecule has 0 bridgehead atoms. The van der Waals surface area contributed by atoms with Gasteiger partial charge in [0.2, 0.25) is 0 Å². The average Bonchev–Trinajstić information content (AvgIpc) is 3.23. The van der Waals surface area contributed by atoms with E-state index in [9.17, 15) is 4.79 Å². The summed E-state index contributed by atoms with van der Waals surface area (Å²) in [7, 11) is 0. The minimum absolute atomic E-state index is 0.102. The van der Waals surface area contributed by atoms with Gasteiger partial charge in [0.25, 0.3) is 5.91 Å². The number of amides is 1. The normalized spacial score (nSPS) is 16.0. The zero-order valence-electron chi connectivity index (χ0n) is 20.8. The van der Waals surface area contributed by atoms with E-state index in [1.54, 1.807) is 0 Å². The summed E-state index contributed by atoms with van der Waals surface area (Å²) in [6.07, 6.45) is 5.37. The molecule has 1 heterocycles. The number of allylic oxidation sites excluding steroid dienone is 1. The molecule has 5 nitrogen and oxygen atoms in total. The summed E-state index contributed by atoms with van der Waals surface area (Å²) >= 11 is 1.47. The van der Waals surface area contributed by atoms with Crippen LogP contribution in [0.15, 0.2) is 84.3 Å². The molecule has 2 N–H and O–H groups in total. The van der Waals surface area contributed by atoms with Crippen molar-refractivity contribution in [2.24, 2.45) is 0 Å². The van der Waals surface area contributed by atoms with E-state index in [2.05, 4.69) is 36.3 Å². The maximum atomic E-state index is 12.7. The lowest BCUT2D eigenvalue weighted by molar-refractivity contribution is -0.116. The molecule has 1 saturated heterocycles. The molecular formula is C30H32N2O3S. The van der Waals surface area contributed by atoms with Crippen LogP contribution in [0.25, 0.3) is 6.08 Å². The topological polar surface area (TPSA) is 59.6 Å². The van der Waals surface area contributed by atoms with Gasteiger partial charge in [-0.3, -0.25) is 4.79 Å². The van der Waals surface area contributed by atoms with E-state index in [-0.39, 0.29) is 11.4 Å². The van der Waals surface area contributed by atoms with Crippen LogP contribution in [-0.4, -0.2) is 18.0 Å². The molecule has 186 valence electrons. The van der Waals surface area contributed by atoms with Crippen molar-refractivity contribution in [2.75, 3.05) is 11.9 Å². The second kappa shape index (κ2) is 12.4. The van der Waals surface area contributed by atoms with Crippen LogP contribution in [0, 0.1) is 0 Å². The van der Waals surface area contributed by atoms with Gasteiger partial charge >= 0.3 is 0 Å². The number of carbonyl (C=O) groups excluding carboxylic acids is 1. The molecule has 0 unspecified atom stereocenters. The quantitative estimate of drug-likeness (QED) is 0.231. The van der Waals surface area contributed by atoms with Crippen molar-refractivity contribution in [3.63, 3.8) is 0 Å². The van der Waals surface area contributed by atoms with Crippen molar-refractivity contribution in [3.05, 3.63) is 107 Å². The van der Waals surface area contributed by atoms with E-state index < -0.39 is 0 Å². The Morgan fingerprint density at radius 3 is 2.50 bits per heavy atom. The van der Waals surface area contributed by atoms with Crippen LogP contribution in [-0.2, 0) is 24.2 Å². The summed E-state index contributed by atoms with van der Waals surface area (Å²) < 4.78 is 12.2. The van der Waals surface area contributed by atoms with Crippen LogP contribution in [0.1, 0.15) is 36.1 Å². The number of nitrogens with one attached hydrogen (secondary N) is 2. The van der Waals surface area contributed by atoms with E-state index in [0.29, 0.717) is 36.0 Å². The van der Waals surface area contributed by atoms with Gasteiger partial charge in [-0.25, -0.2) is 0 Å². The Bertz CT molecular complexity index is 1220. The Morgan fingerprint density at radius 1 is 1.03 bits per heavy atom. The molecule has 0 radical (unpaired) electrons. The second-order valence-electron chi connectivity index (χ2n) is 8.38. The summed E-state index contributed by atoms with van der Waals surface area (Å²) in [5.41, 5.74) is 4.95. The van der Waals surface area contributed by atoms with Crippen LogP contribution in [0.2, 0.25) is 0 Å². The number of benzene rings is 3. The van der Waals surface area contributed by atoms with Crippen LogP contribution >= 0.6 is 11.8 Å². The fourth-order valence-corrected chi connectivity index (χ4v) is 4.92. The molecular weight excluding hydrogens is 468 g/mol. The first kappa shape index (κ1) is 25.5. The molecule has 3 aromatic carbocycles. The van der Waals surface area contributed by atoms with E-state index in [1.807, 2.05) is 73.7 Å². The van der Waals surface area contributed by atoms with E-state index in [1.165, 1.54) is 17.3 Å². The van der Waals surface area contributed by atoms with E-state index in [0.717, 1.165) is 28.8 Å². The summed E-state index contributed by atoms with van der Waals surface area (Å²) in [6.45, 7) is 8.93. The molecule has 1 amide bonds. The number of rotatable bonds is 11. The van der Waals surface area contributed by atoms with Gasteiger partial charge in [-0.15, -0.1) is 6.58 Å². The first-order valence-electron chi connectivity index (χ1n) is 12.2. The molecule has 1 aliphatic rings. The van der Waals surface area contributed by atoms with Gasteiger partial charge < -0.3 is 20.1 Å². The molecule has 3 aromatic rings. The van der Waals surface area contributed by atoms with Crippen LogP contribution in [0.3, 0.4) is 0 Å². The van der Waals surface area contributed by atoms with Crippen molar-refractivity contribution in [1.82, 2.24) is 5.32 Å². The second-order valence-corrected chi connectivity index (χ2v) is 9.53. The van der Waals surface area contributed by atoms with Gasteiger partial charge in [0.15, 0.2) is 17.0 Å². The van der Waals surface area contributed by atoms with Gasteiger partial charge in [0, 0.05) is 11.3 Å². The van der Waals surface area contributed by atoms with Crippen molar-refractivity contribution in [1.29, 1.82) is 0 Å². The largest absolute Gasteiger partial charge is 0.490 e. The number of hydrogen-bond acceptors (Lipinski definition) is 5. The third-order valence-electron chi connectivity index (χ3n) is 5.73. The first-order chi connectivity index (χ1) is 17.6. The third-order valence-corrected chi connectivity index (χ3v) is 6.76. The van der Waals surface area contributed by atoms with Crippen molar-refractivity contribution in [2.45, 2.75) is 38.8 Å². The highest BCUT2D eigenvalue weighted by Gasteiger charge is 2.27. The number of ether oxygens (including phenoxy) is 2. The molecule has 0 aliphatic carbocycles. The monoisotopic (exact) mass is 500 g/mol. The van der Waals surface area contributed by atoms with Crippen molar-refractivity contribution < 1.29 is 14.3 Å². The lowest BCUT2D eigenvalue weighted by atomic mass is 10.0. The zero-order chi connectivity index (χ0) is 25.3. The molecule has 6 heteroatoms. The summed E-state index contributed by atoms with van der Waals surface area (Å²) in [5.74, 6) is 1.27. The van der Waals surface area contributed by atoms with Gasteiger partial charge in [-0.05, 0) is 66.8 Å². The Kier molecular flexibility index (Phi) is 8.74. The number of hydrogen-bond donors (Lipinski definition) is 2. The Balaban J connectivity index is 1.55. The smallest absolute Gasteiger partial charge is 0.260 e. The van der Waals surface area contributed by atoms with Crippen LogP contribution < -0.4 is 20.1 Å². The Morgan fingerprint density at radius 2 is 1.81 bits per heavy atom. The maximum absolute atomic E-state index is 12.7. The first-order valence-corrected chi connectivity index (χ1v) is 13.1. The standard InChI is InChI=1S/C30H32N2O3S/c1-4-10-24-17-23(18-26(34-6-3)28(24)35-20-22-11-8-7-9-12-22)19-27-29(33)32-30(36-27)31-25-15-13-21(5-2)14-16-25/h4,7-9,11-19,30-31H,1,5-6,10,20H2,2-3H3,(H,32,33)/b27-19-/t30-/m1/s1. The van der Waals surface area contributed by atoms with Crippen LogP contribution in [0.5, 0.6) is 11.5 Å². The van der Waals surface area contributed by atoms with Crippen molar-refractivity contribution >= 4 is 29.4 Å². The lowest BCUT2D eigenvalue weighted by Gasteiger charge is -2.17. The molecule has 1 aliphatic heterocycles. The molecule has 1 atom stereocenters. The molecule has 0 saturated carbocycles. The average molecular weight is 501 g/mol. The summed E-state index contributed by atoms with van der Waals surface area (Å²) in [5, 5.41) is 6.38. The number of carbonyl (C=O) groups is 1. The molecule has 4 rings (SSSR count). The minimum Gasteiger partial charge on any atom is -0.490 e.